The Kier molecular flexibility index (Phi) is 6.71. The number of nitrogens with zero attached hydrogens (tertiary/aromatic N) is 1. The minimum atomic E-state index is -0.556. The molecular weight excluding hydrogens is 452 g/mol. The second-order valence-electron chi connectivity index (χ2n) is 6.47. The third-order valence-electron chi connectivity index (χ3n) is 4.24. The average Bonchev–Trinajstić information content (AvgIpc) is 3.21. The van der Waals surface area contributed by atoms with Crippen molar-refractivity contribution < 1.29 is 9.59 Å². The predicted molar refractivity (Wildman–Crippen MR) is 127 cm³/mol. The van der Waals surface area contributed by atoms with Crippen LogP contribution in [-0.4, -0.2) is 16.9 Å². The van der Waals surface area contributed by atoms with E-state index in [2.05, 4.69) is 27.2 Å². The summed E-state index contributed by atoms with van der Waals surface area (Å²) in [7, 11) is 0. The Morgan fingerprint density at radius 1 is 0.935 bits per heavy atom. The first-order valence-electron chi connectivity index (χ1n) is 9.27. The molecule has 3 N–H and O–H groups in total. The number of para-hydroxylation sites is 1. The van der Waals surface area contributed by atoms with Crippen LogP contribution in [0.2, 0.25) is 5.02 Å². The normalized spacial score (nSPS) is 10.6. The molecule has 31 heavy (non-hydrogen) atoms. The second-order valence-corrected chi connectivity index (χ2v) is 9.16. The van der Waals surface area contributed by atoms with Crippen molar-refractivity contribution >= 4 is 62.5 Å². The first-order chi connectivity index (χ1) is 15.1. The quantitative estimate of drug-likeness (QED) is 0.259. The van der Waals surface area contributed by atoms with Crippen LogP contribution < -0.4 is 16.2 Å². The molecule has 0 aliphatic rings. The van der Waals surface area contributed by atoms with Crippen LogP contribution in [0.4, 0.5) is 10.5 Å². The summed E-state index contributed by atoms with van der Waals surface area (Å²) < 4.78 is 2.18. The molecule has 0 bridgehead atoms. The third-order valence-corrected chi connectivity index (χ3v) is 6.75. The fraction of sp³-hybridized carbons (Fsp3) is 0.0455. The molecule has 9 heteroatoms. The number of halogens is 1. The van der Waals surface area contributed by atoms with E-state index in [1.807, 2.05) is 30.3 Å². The summed E-state index contributed by atoms with van der Waals surface area (Å²) in [5.41, 5.74) is 7.80. The molecule has 1 heterocycles. The van der Waals surface area contributed by atoms with E-state index in [0.29, 0.717) is 16.3 Å². The molecule has 0 spiro atoms. The molecule has 0 fully saturated rings. The monoisotopic (exact) mass is 468 g/mol. The molecule has 0 saturated heterocycles. The first kappa shape index (κ1) is 21.2. The van der Waals surface area contributed by atoms with Crippen LogP contribution in [0.3, 0.4) is 0 Å². The highest BCUT2D eigenvalue weighted by Gasteiger charge is 2.09. The van der Waals surface area contributed by atoms with Gasteiger partial charge in [0.05, 0.1) is 10.2 Å². The summed E-state index contributed by atoms with van der Waals surface area (Å²) in [5.74, 6) is 0.348. The minimum Gasteiger partial charge on any atom is -0.307 e. The van der Waals surface area contributed by atoms with Gasteiger partial charge in [-0.05, 0) is 54.1 Å². The number of nitrogens with one attached hydrogen (secondary N) is 3. The number of fused-ring (bicyclic) bond motifs is 1. The smallest absolute Gasteiger partial charge is 0.307 e. The molecule has 4 aromatic rings. The van der Waals surface area contributed by atoms with Gasteiger partial charge in [-0.15, -0.1) is 11.3 Å². The van der Waals surface area contributed by atoms with Crippen molar-refractivity contribution in [2.24, 2.45) is 0 Å². The summed E-state index contributed by atoms with van der Waals surface area (Å²) in [5, 5.41) is 3.17. The molecule has 0 atom stereocenters. The number of carbonyl (C=O) groups is 2. The lowest BCUT2D eigenvalue weighted by atomic mass is 10.1. The van der Waals surface area contributed by atoms with Gasteiger partial charge in [-0.25, -0.2) is 15.2 Å². The van der Waals surface area contributed by atoms with Crippen molar-refractivity contribution in [2.45, 2.75) is 10.1 Å². The molecular formula is C22H17ClN4O2S2. The van der Waals surface area contributed by atoms with E-state index in [4.69, 9.17) is 11.6 Å². The number of rotatable bonds is 5. The van der Waals surface area contributed by atoms with Crippen LogP contribution in [0, 0.1) is 0 Å². The van der Waals surface area contributed by atoms with Gasteiger partial charge in [-0.1, -0.05) is 47.6 Å². The fourth-order valence-electron chi connectivity index (χ4n) is 2.69. The number of amides is 3. The van der Waals surface area contributed by atoms with E-state index in [1.54, 1.807) is 59.5 Å². The molecule has 4 rings (SSSR count). The maximum atomic E-state index is 12.3. The van der Waals surface area contributed by atoms with Crippen LogP contribution >= 0.6 is 34.7 Å². The van der Waals surface area contributed by atoms with Crippen LogP contribution in [-0.2, 0) is 5.75 Å². The van der Waals surface area contributed by atoms with Gasteiger partial charge in [0.15, 0.2) is 4.34 Å². The number of carbonyl (C=O) groups excluding carboxylic acids is 2. The van der Waals surface area contributed by atoms with E-state index >= 15 is 0 Å². The van der Waals surface area contributed by atoms with Gasteiger partial charge in [-0.3, -0.25) is 10.2 Å². The van der Waals surface area contributed by atoms with Gasteiger partial charge in [0.1, 0.15) is 0 Å². The molecule has 1 aromatic heterocycles. The standard InChI is InChI=1S/C22H17ClN4O2S2/c23-16-9-11-17(12-10-16)24-21(29)27-26-20(28)15-7-5-14(6-8-15)13-30-22-25-18-3-1-2-4-19(18)31-22/h1-12H,13H2,(H,26,28)(H2,24,27,29). The van der Waals surface area contributed by atoms with Crippen molar-refractivity contribution in [2.75, 3.05) is 5.32 Å². The lowest BCUT2D eigenvalue weighted by Crippen LogP contribution is -2.43. The van der Waals surface area contributed by atoms with Crippen molar-refractivity contribution in [1.82, 2.24) is 15.8 Å². The van der Waals surface area contributed by atoms with E-state index in [0.717, 1.165) is 21.2 Å². The average molecular weight is 469 g/mol. The molecule has 0 saturated carbocycles. The number of hydrogen-bond acceptors (Lipinski definition) is 5. The SMILES string of the molecule is O=C(NNC(=O)c1ccc(CSc2nc3ccccc3s2)cc1)Nc1ccc(Cl)cc1. The molecule has 3 amide bonds. The van der Waals surface area contributed by atoms with Crippen molar-refractivity contribution in [3.05, 3.63) is 88.9 Å². The van der Waals surface area contributed by atoms with Crippen LogP contribution in [0.5, 0.6) is 0 Å². The molecule has 0 aliphatic heterocycles. The minimum absolute atomic E-state index is 0.406. The third kappa shape index (κ3) is 5.75. The number of aromatic nitrogens is 1. The van der Waals surface area contributed by atoms with E-state index in [1.165, 1.54) is 4.70 Å². The van der Waals surface area contributed by atoms with Crippen LogP contribution in [0.25, 0.3) is 10.2 Å². The first-order valence-corrected chi connectivity index (χ1v) is 11.4. The maximum absolute atomic E-state index is 12.3. The van der Waals surface area contributed by atoms with E-state index in [9.17, 15) is 9.59 Å². The van der Waals surface area contributed by atoms with Crippen LogP contribution in [0.1, 0.15) is 15.9 Å². The summed E-state index contributed by atoms with van der Waals surface area (Å²) >= 11 is 9.14. The van der Waals surface area contributed by atoms with Gasteiger partial charge in [0.2, 0.25) is 0 Å². The number of hydrogen-bond donors (Lipinski definition) is 3. The van der Waals surface area contributed by atoms with Gasteiger partial charge in [0.25, 0.3) is 5.91 Å². The highest BCUT2D eigenvalue weighted by Crippen LogP contribution is 2.31. The summed E-state index contributed by atoms with van der Waals surface area (Å²) in [4.78, 5) is 28.8. The zero-order valence-electron chi connectivity index (χ0n) is 16.1. The van der Waals surface area contributed by atoms with Gasteiger partial charge in [-0.2, -0.15) is 0 Å². The molecule has 156 valence electrons. The Morgan fingerprint density at radius 2 is 1.68 bits per heavy atom. The largest absolute Gasteiger partial charge is 0.337 e. The number of urea groups is 1. The molecule has 0 unspecified atom stereocenters. The van der Waals surface area contributed by atoms with Gasteiger partial charge < -0.3 is 5.32 Å². The number of benzene rings is 3. The zero-order chi connectivity index (χ0) is 21.6. The maximum Gasteiger partial charge on any atom is 0.337 e. The van der Waals surface area contributed by atoms with Gasteiger partial charge in [0, 0.05) is 22.0 Å². The predicted octanol–water partition coefficient (Wildman–Crippen LogP) is 5.71. The number of thiazole rings is 1. The molecule has 0 aliphatic carbocycles. The Balaban J connectivity index is 1.26. The Labute approximate surface area is 192 Å². The Bertz CT molecular complexity index is 1180. The number of anilines is 1. The molecule has 6 nitrogen and oxygen atoms in total. The summed E-state index contributed by atoms with van der Waals surface area (Å²) in [6, 6.07) is 21.4. The van der Waals surface area contributed by atoms with Crippen molar-refractivity contribution in [3.8, 4) is 0 Å². The molecule has 3 aromatic carbocycles. The Hall–Kier alpha value is -3.07. The fourth-order valence-corrected chi connectivity index (χ4v) is 4.84. The Morgan fingerprint density at radius 3 is 2.42 bits per heavy atom. The second kappa shape index (κ2) is 9.82. The summed E-state index contributed by atoms with van der Waals surface area (Å²) in [6.07, 6.45) is 0. The molecule has 0 radical (unpaired) electrons. The van der Waals surface area contributed by atoms with E-state index in [-0.39, 0.29) is 0 Å². The van der Waals surface area contributed by atoms with Gasteiger partial charge >= 0.3 is 6.03 Å². The van der Waals surface area contributed by atoms with E-state index < -0.39 is 11.9 Å². The highest BCUT2D eigenvalue weighted by molar-refractivity contribution is 8.00. The lowest BCUT2D eigenvalue weighted by molar-refractivity contribution is 0.0938. The highest BCUT2D eigenvalue weighted by atomic mass is 35.5. The van der Waals surface area contributed by atoms with Crippen molar-refractivity contribution in [1.29, 1.82) is 0 Å². The topological polar surface area (TPSA) is 83.1 Å². The number of hydrazine groups is 1. The lowest BCUT2D eigenvalue weighted by Gasteiger charge is -2.09. The zero-order valence-corrected chi connectivity index (χ0v) is 18.5. The summed E-state index contributed by atoms with van der Waals surface area (Å²) in [6.45, 7) is 0. The number of thioether (sulfide) groups is 1. The van der Waals surface area contributed by atoms with Crippen LogP contribution in [0.15, 0.2) is 77.1 Å². The van der Waals surface area contributed by atoms with Crippen molar-refractivity contribution in [3.63, 3.8) is 0 Å².